The van der Waals surface area contributed by atoms with E-state index in [0.29, 0.717) is 15.9 Å². The lowest BCUT2D eigenvalue weighted by molar-refractivity contribution is -0.116. The predicted molar refractivity (Wildman–Crippen MR) is 124 cm³/mol. The fourth-order valence-electron chi connectivity index (χ4n) is 3.43. The maximum absolute atomic E-state index is 13.3. The Morgan fingerprint density at radius 2 is 2.03 bits per heavy atom. The summed E-state index contributed by atoms with van der Waals surface area (Å²) in [7, 11) is 1.63. The Kier molecular flexibility index (Phi) is 6.38. The number of nitrogens with one attached hydrogen (secondary N) is 2. The largest absolute Gasteiger partial charge is 0.497 e. The van der Waals surface area contributed by atoms with Crippen LogP contribution >= 0.6 is 23.4 Å². The van der Waals surface area contributed by atoms with Crippen LogP contribution in [0, 0.1) is 6.92 Å². The van der Waals surface area contributed by atoms with Crippen LogP contribution in [-0.2, 0) is 11.2 Å². The van der Waals surface area contributed by atoms with Crippen molar-refractivity contribution in [2.75, 3.05) is 17.9 Å². The van der Waals surface area contributed by atoms with Gasteiger partial charge in [-0.3, -0.25) is 4.79 Å². The summed E-state index contributed by atoms with van der Waals surface area (Å²) in [6.45, 7) is 4.02. The molecule has 0 aliphatic carbocycles. The van der Waals surface area contributed by atoms with E-state index in [1.165, 1.54) is 11.8 Å². The van der Waals surface area contributed by atoms with E-state index in [2.05, 4.69) is 27.9 Å². The maximum atomic E-state index is 13.3. The number of aromatic nitrogens is 3. The van der Waals surface area contributed by atoms with Gasteiger partial charge in [0.05, 0.1) is 13.2 Å². The average Bonchev–Trinajstić information content (AvgIpc) is 3.17. The van der Waals surface area contributed by atoms with Crippen molar-refractivity contribution < 1.29 is 9.53 Å². The van der Waals surface area contributed by atoms with Crippen molar-refractivity contribution in [1.82, 2.24) is 14.9 Å². The van der Waals surface area contributed by atoms with E-state index in [4.69, 9.17) is 16.3 Å². The Labute approximate surface area is 190 Å². The number of aryl methyl sites for hydroxylation is 2. The van der Waals surface area contributed by atoms with Crippen molar-refractivity contribution in [2.45, 2.75) is 43.1 Å². The van der Waals surface area contributed by atoms with Gasteiger partial charge in [0.2, 0.25) is 11.1 Å². The standard InChI is InChI=1S/C22H24ClN5O2S/c1-4-5-18-25-26-22-28(18)27-19(14-7-10-16(30-3)11-8-14)20(31-22)21(29)24-15-9-6-13(2)17(23)12-15/h6-12,19-20,27H,4-5H2,1-3H3,(H,24,29)/t19-,20+/m0/s1. The number of hydrogen-bond acceptors (Lipinski definition) is 6. The number of carbonyl (C=O) groups is 1. The van der Waals surface area contributed by atoms with Gasteiger partial charge in [0, 0.05) is 17.1 Å². The molecule has 0 saturated heterocycles. The Hall–Kier alpha value is -2.71. The van der Waals surface area contributed by atoms with E-state index < -0.39 is 5.25 Å². The van der Waals surface area contributed by atoms with Crippen LogP contribution in [0.3, 0.4) is 0 Å². The SMILES string of the molecule is CCCc1nnc2n1N[C@@H](c1ccc(OC)cc1)[C@H](C(=O)Nc1ccc(C)c(Cl)c1)S2. The minimum atomic E-state index is -0.459. The number of ether oxygens (including phenoxy) is 1. The third kappa shape index (κ3) is 4.50. The molecule has 2 atom stereocenters. The molecule has 7 nitrogen and oxygen atoms in total. The third-order valence-electron chi connectivity index (χ3n) is 5.15. The van der Waals surface area contributed by atoms with Gasteiger partial charge >= 0.3 is 0 Å². The first-order chi connectivity index (χ1) is 15.0. The summed E-state index contributed by atoms with van der Waals surface area (Å²) in [5.74, 6) is 1.48. The van der Waals surface area contributed by atoms with Gasteiger partial charge in [0.15, 0.2) is 5.82 Å². The first-order valence-electron chi connectivity index (χ1n) is 10.1. The number of halogens is 1. The molecule has 0 spiro atoms. The topological polar surface area (TPSA) is 81.1 Å². The van der Waals surface area contributed by atoms with E-state index in [-0.39, 0.29) is 11.9 Å². The molecule has 1 aliphatic heterocycles. The van der Waals surface area contributed by atoms with Crippen molar-refractivity contribution in [1.29, 1.82) is 0 Å². The van der Waals surface area contributed by atoms with Crippen molar-refractivity contribution in [3.8, 4) is 5.75 Å². The van der Waals surface area contributed by atoms with Gasteiger partial charge in [0.25, 0.3) is 0 Å². The number of fused-ring (bicyclic) bond motifs is 1. The van der Waals surface area contributed by atoms with Crippen LogP contribution in [0.4, 0.5) is 5.69 Å². The van der Waals surface area contributed by atoms with Crippen LogP contribution in [0.25, 0.3) is 0 Å². The van der Waals surface area contributed by atoms with E-state index in [9.17, 15) is 4.79 Å². The Morgan fingerprint density at radius 1 is 1.26 bits per heavy atom. The first kappa shape index (κ1) is 21.5. The summed E-state index contributed by atoms with van der Waals surface area (Å²) >= 11 is 7.64. The second-order valence-corrected chi connectivity index (χ2v) is 8.87. The zero-order valence-corrected chi connectivity index (χ0v) is 19.1. The third-order valence-corrected chi connectivity index (χ3v) is 6.77. The van der Waals surface area contributed by atoms with E-state index in [1.54, 1.807) is 13.2 Å². The molecule has 2 heterocycles. The van der Waals surface area contributed by atoms with Gasteiger partial charge in [-0.25, -0.2) is 4.68 Å². The van der Waals surface area contributed by atoms with Crippen molar-refractivity contribution in [3.05, 3.63) is 64.4 Å². The number of hydrogen-bond donors (Lipinski definition) is 2. The van der Waals surface area contributed by atoms with Gasteiger partial charge in [0.1, 0.15) is 11.0 Å². The van der Waals surface area contributed by atoms with Gasteiger partial charge in [-0.15, -0.1) is 10.2 Å². The highest BCUT2D eigenvalue weighted by molar-refractivity contribution is 8.00. The molecule has 0 unspecified atom stereocenters. The highest BCUT2D eigenvalue weighted by Gasteiger charge is 2.37. The molecule has 2 N–H and O–H groups in total. The predicted octanol–water partition coefficient (Wildman–Crippen LogP) is 4.60. The molecule has 9 heteroatoms. The molecule has 162 valence electrons. The highest BCUT2D eigenvalue weighted by Crippen LogP contribution is 2.38. The molecule has 0 fully saturated rings. The number of nitrogens with zero attached hydrogens (tertiary/aromatic N) is 3. The minimum Gasteiger partial charge on any atom is -0.497 e. The quantitative estimate of drug-likeness (QED) is 0.563. The Morgan fingerprint density at radius 3 is 2.71 bits per heavy atom. The average molecular weight is 458 g/mol. The summed E-state index contributed by atoms with van der Waals surface area (Å²) in [6.07, 6.45) is 1.75. The molecular formula is C22H24ClN5O2S. The summed E-state index contributed by atoms with van der Waals surface area (Å²) < 4.78 is 7.18. The molecule has 4 rings (SSSR count). The highest BCUT2D eigenvalue weighted by atomic mass is 35.5. The number of rotatable bonds is 6. The molecule has 31 heavy (non-hydrogen) atoms. The summed E-state index contributed by atoms with van der Waals surface area (Å²) in [4.78, 5) is 13.3. The van der Waals surface area contributed by atoms with Crippen LogP contribution in [0.5, 0.6) is 5.75 Å². The molecule has 1 aromatic heterocycles. The lowest BCUT2D eigenvalue weighted by atomic mass is 10.0. The summed E-state index contributed by atoms with van der Waals surface area (Å²) in [6, 6.07) is 12.9. The van der Waals surface area contributed by atoms with Crippen LogP contribution in [0.2, 0.25) is 5.02 Å². The Balaban J connectivity index is 1.65. The fraction of sp³-hybridized carbons (Fsp3) is 0.318. The number of anilines is 1. The second kappa shape index (κ2) is 9.20. The number of amides is 1. The molecule has 0 saturated carbocycles. The van der Waals surface area contributed by atoms with Gasteiger partial charge < -0.3 is 15.5 Å². The number of carbonyl (C=O) groups excluding carboxylic acids is 1. The summed E-state index contributed by atoms with van der Waals surface area (Å²) in [5, 5.41) is 12.4. The van der Waals surface area contributed by atoms with Gasteiger partial charge in [-0.05, 0) is 48.7 Å². The number of methoxy groups -OCH3 is 1. The number of thioether (sulfide) groups is 1. The van der Waals surface area contributed by atoms with Crippen LogP contribution < -0.4 is 15.5 Å². The lowest BCUT2D eigenvalue weighted by Crippen LogP contribution is -2.41. The van der Waals surface area contributed by atoms with Crippen molar-refractivity contribution in [3.63, 3.8) is 0 Å². The van der Waals surface area contributed by atoms with Crippen LogP contribution in [0.1, 0.15) is 36.3 Å². The summed E-state index contributed by atoms with van der Waals surface area (Å²) in [5.41, 5.74) is 6.05. The molecule has 2 aromatic carbocycles. The fourth-order valence-corrected chi connectivity index (χ4v) is 4.71. The lowest BCUT2D eigenvalue weighted by Gasteiger charge is -2.33. The molecular weight excluding hydrogens is 434 g/mol. The first-order valence-corrected chi connectivity index (χ1v) is 11.3. The van der Waals surface area contributed by atoms with Crippen LogP contribution in [-0.4, -0.2) is 33.1 Å². The normalized spacial score (nSPS) is 17.5. The molecule has 1 amide bonds. The monoisotopic (exact) mass is 457 g/mol. The van der Waals surface area contributed by atoms with E-state index >= 15 is 0 Å². The second-order valence-electron chi connectivity index (χ2n) is 7.36. The van der Waals surface area contributed by atoms with Crippen molar-refractivity contribution in [2.24, 2.45) is 0 Å². The number of benzene rings is 2. The van der Waals surface area contributed by atoms with Gasteiger partial charge in [-0.2, -0.15) is 0 Å². The minimum absolute atomic E-state index is 0.135. The maximum Gasteiger partial charge on any atom is 0.240 e. The van der Waals surface area contributed by atoms with E-state index in [0.717, 1.165) is 35.5 Å². The van der Waals surface area contributed by atoms with Gasteiger partial charge in [-0.1, -0.05) is 48.5 Å². The molecule has 0 radical (unpaired) electrons. The smallest absolute Gasteiger partial charge is 0.240 e. The zero-order chi connectivity index (χ0) is 22.0. The molecule has 1 aliphatic rings. The van der Waals surface area contributed by atoms with Crippen LogP contribution in [0.15, 0.2) is 47.6 Å². The Bertz CT molecular complexity index is 1090. The molecule has 0 bridgehead atoms. The van der Waals surface area contributed by atoms with Crippen molar-refractivity contribution >= 4 is 35.0 Å². The zero-order valence-electron chi connectivity index (χ0n) is 17.6. The van der Waals surface area contributed by atoms with E-state index in [1.807, 2.05) is 48.0 Å². The molecule has 3 aromatic rings.